The van der Waals surface area contributed by atoms with E-state index in [2.05, 4.69) is 9.90 Å². The number of imide groups is 1. The zero-order valence-electron chi connectivity index (χ0n) is 11.6. The van der Waals surface area contributed by atoms with Crippen molar-refractivity contribution in [1.29, 1.82) is 0 Å². The minimum Gasteiger partial charge on any atom is -0.357 e. The average Bonchev–Trinajstić information content (AvgIpc) is 2.68. The second-order valence-corrected chi connectivity index (χ2v) is 6.38. The van der Waals surface area contributed by atoms with Crippen LogP contribution in [0.5, 0.6) is 0 Å². The van der Waals surface area contributed by atoms with Gasteiger partial charge in [0.25, 0.3) is 0 Å². The van der Waals surface area contributed by atoms with Crippen molar-refractivity contribution >= 4 is 29.7 Å². The van der Waals surface area contributed by atoms with Crippen LogP contribution in [0.2, 0.25) is 0 Å². The number of nitrogens with two attached hydrogens (primary N) is 1. The lowest BCUT2D eigenvalue weighted by Crippen LogP contribution is -2.53. The largest absolute Gasteiger partial charge is 0.357 e. The van der Waals surface area contributed by atoms with Crippen LogP contribution < -0.4 is 11.1 Å². The highest BCUT2D eigenvalue weighted by Crippen LogP contribution is 2.40. The molecule has 1 rings (SSSR count). The zero-order valence-corrected chi connectivity index (χ0v) is 12.4. The molecule has 20 heavy (non-hydrogen) atoms. The number of carbonyl (C=O) groups excluding carboxylic acids is 3. The molecule has 0 aromatic rings. The van der Waals surface area contributed by atoms with Crippen LogP contribution >= 0.6 is 11.9 Å². The van der Waals surface area contributed by atoms with Gasteiger partial charge in [0.1, 0.15) is 6.04 Å². The topological polar surface area (TPSA) is 122 Å². The van der Waals surface area contributed by atoms with E-state index < -0.39 is 34.4 Å². The first-order chi connectivity index (χ1) is 9.30. The number of likely N-dealkylation sites (N-methyl/N-ethyl adjacent to an activating group) is 1. The summed E-state index contributed by atoms with van der Waals surface area (Å²) in [6, 6.07) is -1.02. The van der Waals surface area contributed by atoms with E-state index in [4.69, 9.17) is 5.73 Å². The maximum absolute atomic E-state index is 12.4. The molecule has 0 aromatic heterocycles. The third-order valence-electron chi connectivity index (χ3n) is 3.38. The van der Waals surface area contributed by atoms with Gasteiger partial charge in [0.2, 0.25) is 17.7 Å². The summed E-state index contributed by atoms with van der Waals surface area (Å²) in [5.74, 6) is -2.14. The van der Waals surface area contributed by atoms with Gasteiger partial charge in [-0.3, -0.25) is 19.3 Å². The third-order valence-corrected chi connectivity index (χ3v) is 4.21. The minimum absolute atomic E-state index is 0.0537. The van der Waals surface area contributed by atoms with Crippen molar-refractivity contribution in [3.05, 3.63) is 4.91 Å². The van der Waals surface area contributed by atoms with E-state index in [0.717, 1.165) is 4.90 Å². The molecule has 1 aliphatic heterocycles. The summed E-state index contributed by atoms with van der Waals surface area (Å²) in [5, 5.41) is 2.37. The van der Waals surface area contributed by atoms with Crippen molar-refractivity contribution in [3.8, 4) is 0 Å². The molecule has 0 spiro atoms. The Morgan fingerprint density at radius 3 is 2.65 bits per heavy atom. The number of likely N-dealkylation sites (tertiary alicyclic amines) is 1. The number of rotatable bonds is 6. The number of carbonyl (C=O) groups is 3. The fraction of sp³-hybridized carbons (Fsp3) is 0.727. The highest BCUT2D eigenvalue weighted by molar-refractivity contribution is 7.99. The molecule has 0 bridgehead atoms. The Hall–Kier alpha value is -1.48. The number of hydrogen-bond acceptors (Lipinski definition) is 7. The first-order valence-corrected chi connectivity index (χ1v) is 6.85. The Morgan fingerprint density at radius 2 is 2.20 bits per heavy atom. The van der Waals surface area contributed by atoms with Gasteiger partial charge < -0.3 is 11.1 Å². The summed E-state index contributed by atoms with van der Waals surface area (Å²) in [5.41, 5.74) is 5.49. The molecular weight excluding hydrogens is 284 g/mol. The summed E-state index contributed by atoms with van der Waals surface area (Å²) < 4.78 is 1.92. The van der Waals surface area contributed by atoms with Crippen LogP contribution in [0.15, 0.2) is 4.58 Å². The molecule has 1 heterocycles. The molecule has 3 N–H and O–H groups in total. The minimum atomic E-state index is -1.02. The third kappa shape index (κ3) is 2.98. The molecule has 0 saturated carbocycles. The molecule has 0 aromatic carbocycles. The molecule has 0 radical (unpaired) electrons. The van der Waals surface area contributed by atoms with Gasteiger partial charge in [-0.25, -0.2) is 0 Å². The molecule has 2 atom stereocenters. The maximum Gasteiger partial charge on any atom is 0.244 e. The van der Waals surface area contributed by atoms with Crippen LogP contribution in [0.1, 0.15) is 20.3 Å². The predicted molar refractivity (Wildman–Crippen MR) is 74.3 cm³/mol. The first kappa shape index (κ1) is 16.6. The fourth-order valence-corrected chi connectivity index (χ4v) is 2.68. The quantitative estimate of drug-likeness (QED) is 0.392. The van der Waals surface area contributed by atoms with Crippen LogP contribution in [0.3, 0.4) is 0 Å². The van der Waals surface area contributed by atoms with E-state index in [-0.39, 0.29) is 13.0 Å². The Bertz CT molecular complexity index is 440. The maximum atomic E-state index is 12.4. The summed E-state index contributed by atoms with van der Waals surface area (Å²) in [6.07, 6.45) is -0.0537. The first-order valence-electron chi connectivity index (χ1n) is 6.08. The van der Waals surface area contributed by atoms with E-state index in [0.29, 0.717) is 11.9 Å². The van der Waals surface area contributed by atoms with Gasteiger partial charge in [-0.2, -0.15) is 0 Å². The Labute approximate surface area is 120 Å². The number of hydrogen-bond donors (Lipinski definition) is 2. The van der Waals surface area contributed by atoms with E-state index >= 15 is 0 Å². The van der Waals surface area contributed by atoms with Crippen molar-refractivity contribution in [1.82, 2.24) is 10.2 Å². The average molecular weight is 302 g/mol. The lowest BCUT2D eigenvalue weighted by Gasteiger charge is -2.27. The number of nitroso groups, excluding NO2 is 1. The summed E-state index contributed by atoms with van der Waals surface area (Å²) in [6.45, 7) is 3.18. The predicted octanol–water partition coefficient (Wildman–Crippen LogP) is -0.372. The van der Waals surface area contributed by atoms with Gasteiger partial charge in [0.15, 0.2) is 0 Å². The molecule has 1 saturated heterocycles. The Balaban J connectivity index is 3.02. The second-order valence-electron chi connectivity index (χ2n) is 4.99. The molecule has 1 fully saturated rings. The Kier molecular flexibility index (Phi) is 5.23. The van der Waals surface area contributed by atoms with Gasteiger partial charge in [-0.15, -0.1) is 4.91 Å². The van der Waals surface area contributed by atoms with Crippen molar-refractivity contribution in [2.45, 2.75) is 31.1 Å². The molecule has 1 aliphatic rings. The number of amides is 3. The highest BCUT2D eigenvalue weighted by atomic mass is 32.2. The Morgan fingerprint density at radius 1 is 1.60 bits per heavy atom. The van der Waals surface area contributed by atoms with Crippen LogP contribution in [-0.4, -0.2) is 47.0 Å². The molecule has 112 valence electrons. The number of nitrogens with zero attached hydrogens (tertiary/aromatic N) is 2. The van der Waals surface area contributed by atoms with Crippen molar-refractivity contribution in [2.75, 3.05) is 13.6 Å². The van der Waals surface area contributed by atoms with E-state index in [9.17, 15) is 19.3 Å². The lowest BCUT2D eigenvalue weighted by atomic mass is 9.93. The highest BCUT2D eigenvalue weighted by Gasteiger charge is 2.50. The summed E-state index contributed by atoms with van der Waals surface area (Å²) in [7, 11) is 1.41. The van der Waals surface area contributed by atoms with E-state index in [1.807, 2.05) is 0 Å². The standard InChI is InChI=1S/C11H18N4O4S/c1-11(2,20-14-19)6-4-8(16)15(10(6)18)7(5-12)9(17)13-3/h6-7H,4-5,12H2,1-3H3,(H,13,17). The van der Waals surface area contributed by atoms with Crippen molar-refractivity contribution < 1.29 is 14.4 Å². The number of nitrogens with one attached hydrogen (secondary N) is 1. The normalized spacial score (nSPS) is 21.0. The molecule has 9 heteroatoms. The van der Waals surface area contributed by atoms with E-state index in [1.165, 1.54) is 7.05 Å². The van der Waals surface area contributed by atoms with Crippen LogP contribution in [0, 0.1) is 10.8 Å². The van der Waals surface area contributed by atoms with Gasteiger partial charge >= 0.3 is 0 Å². The molecule has 0 aliphatic carbocycles. The fourth-order valence-electron chi connectivity index (χ4n) is 2.18. The lowest BCUT2D eigenvalue weighted by molar-refractivity contribution is -0.147. The van der Waals surface area contributed by atoms with Gasteiger partial charge in [0.05, 0.1) is 5.92 Å². The second kappa shape index (κ2) is 6.31. The van der Waals surface area contributed by atoms with Gasteiger partial charge in [-0.05, 0) is 13.8 Å². The molecule has 8 nitrogen and oxygen atoms in total. The SMILES string of the molecule is CNC(=O)C(CN)N1C(=O)CC(C(C)(C)SN=O)C1=O. The van der Waals surface area contributed by atoms with Gasteiger partial charge in [-0.1, -0.05) is 0 Å². The van der Waals surface area contributed by atoms with E-state index in [1.54, 1.807) is 13.8 Å². The molecule has 2 unspecified atom stereocenters. The smallest absolute Gasteiger partial charge is 0.244 e. The molecular formula is C11H18N4O4S. The summed E-state index contributed by atoms with van der Waals surface area (Å²) in [4.78, 5) is 47.4. The van der Waals surface area contributed by atoms with Crippen LogP contribution in [0.4, 0.5) is 0 Å². The zero-order chi connectivity index (χ0) is 15.5. The van der Waals surface area contributed by atoms with Crippen LogP contribution in [-0.2, 0) is 14.4 Å². The monoisotopic (exact) mass is 302 g/mol. The van der Waals surface area contributed by atoms with Crippen molar-refractivity contribution in [3.63, 3.8) is 0 Å². The summed E-state index contributed by atoms with van der Waals surface area (Å²) >= 11 is 0.710. The molecule has 3 amide bonds. The van der Waals surface area contributed by atoms with Gasteiger partial charge in [0, 0.05) is 41.3 Å². The van der Waals surface area contributed by atoms with Crippen LogP contribution in [0.25, 0.3) is 0 Å². The van der Waals surface area contributed by atoms with Crippen molar-refractivity contribution in [2.24, 2.45) is 16.2 Å².